The summed E-state index contributed by atoms with van der Waals surface area (Å²) in [7, 11) is 0. The van der Waals surface area contributed by atoms with Crippen LogP contribution < -0.4 is 0 Å². The van der Waals surface area contributed by atoms with Crippen LogP contribution in [0.4, 0.5) is 13.2 Å². The van der Waals surface area contributed by atoms with Crippen molar-refractivity contribution in [1.82, 2.24) is 4.57 Å². The highest BCUT2D eigenvalue weighted by molar-refractivity contribution is 5.29. The summed E-state index contributed by atoms with van der Waals surface area (Å²) in [5.74, 6) is 0.488. The molecule has 0 aliphatic carbocycles. The van der Waals surface area contributed by atoms with Crippen molar-refractivity contribution in [1.29, 1.82) is 0 Å². The fourth-order valence-electron chi connectivity index (χ4n) is 2.01. The number of hydrogen-bond donors (Lipinski definition) is 1. The van der Waals surface area contributed by atoms with Gasteiger partial charge in [-0.05, 0) is 32.3 Å². The molecule has 0 aliphatic rings. The minimum Gasteiger partial charge on any atom is -0.379 e. The Bertz CT molecular complexity index is 407. The van der Waals surface area contributed by atoms with Gasteiger partial charge in [0.15, 0.2) is 6.10 Å². The molecule has 1 aromatic heterocycles. The summed E-state index contributed by atoms with van der Waals surface area (Å²) in [4.78, 5) is 0. The monoisotopic (exact) mass is 263 g/mol. The van der Waals surface area contributed by atoms with Gasteiger partial charge in [-0.25, -0.2) is 0 Å². The van der Waals surface area contributed by atoms with E-state index >= 15 is 0 Å². The molecule has 5 heteroatoms. The normalized spacial score (nSPS) is 14.3. The van der Waals surface area contributed by atoms with Gasteiger partial charge in [-0.3, -0.25) is 0 Å². The van der Waals surface area contributed by atoms with Gasteiger partial charge in [0, 0.05) is 23.5 Å². The summed E-state index contributed by atoms with van der Waals surface area (Å²) in [6.45, 7) is 8.21. The van der Waals surface area contributed by atoms with Gasteiger partial charge in [-0.2, -0.15) is 13.2 Å². The van der Waals surface area contributed by atoms with Crippen LogP contribution in [0.1, 0.15) is 43.3 Å². The van der Waals surface area contributed by atoms with Crippen molar-refractivity contribution in [3.05, 3.63) is 23.0 Å². The molecule has 0 bridgehead atoms. The number of rotatable bonds is 4. The lowest BCUT2D eigenvalue weighted by atomic mass is 10.1. The Morgan fingerprint density at radius 2 is 1.83 bits per heavy atom. The average molecular weight is 263 g/mol. The Morgan fingerprint density at radius 3 is 2.28 bits per heavy atom. The van der Waals surface area contributed by atoms with Crippen LogP contribution in [0.25, 0.3) is 0 Å². The molecule has 1 N–H and O–H groups in total. The maximum atomic E-state index is 12.5. The molecule has 1 atom stereocenters. The Kier molecular flexibility index (Phi) is 4.48. The zero-order valence-corrected chi connectivity index (χ0v) is 11.2. The van der Waals surface area contributed by atoms with Crippen molar-refractivity contribution in [3.8, 4) is 0 Å². The summed E-state index contributed by atoms with van der Waals surface area (Å²) in [6, 6.07) is 1.42. The van der Waals surface area contributed by atoms with E-state index in [4.69, 9.17) is 0 Å². The molecule has 2 nitrogen and oxygen atoms in total. The number of nitrogens with zero attached hydrogens (tertiary/aromatic N) is 1. The van der Waals surface area contributed by atoms with Crippen LogP contribution >= 0.6 is 0 Å². The number of halogens is 3. The van der Waals surface area contributed by atoms with Crippen molar-refractivity contribution in [2.24, 2.45) is 5.92 Å². The van der Waals surface area contributed by atoms with E-state index in [1.54, 1.807) is 13.8 Å². The number of aliphatic hydroxyl groups is 1. The van der Waals surface area contributed by atoms with E-state index in [0.29, 0.717) is 18.2 Å². The minimum absolute atomic E-state index is 0.0382. The molecule has 0 saturated heterocycles. The molecule has 0 radical (unpaired) electrons. The predicted octanol–water partition coefficient (Wildman–Crippen LogP) is 3.75. The quantitative estimate of drug-likeness (QED) is 0.879. The van der Waals surface area contributed by atoms with Gasteiger partial charge in [0.1, 0.15) is 0 Å². The Balaban J connectivity index is 3.00. The highest BCUT2D eigenvalue weighted by atomic mass is 19.4. The first-order chi connectivity index (χ1) is 8.14. The summed E-state index contributed by atoms with van der Waals surface area (Å²) >= 11 is 0. The second kappa shape index (κ2) is 5.34. The molecule has 1 heterocycles. The Hall–Kier alpha value is -0.970. The molecule has 0 spiro atoms. The number of hydrogen-bond acceptors (Lipinski definition) is 1. The largest absolute Gasteiger partial charge is 0.418 e. The summed E-state index contributed by atoms with van der Waals surface area (Å²) in [6.07, 6.45) is -6.10. The van der Waals surface area contributed by atoms with Crippen molar-refractivity contribution in [2.75, 3.05) is 0 Å². The van der Waals surface area contributed by atoms with E-state index in [2.05, 4.69) is 13.8 Å². The molecule has 0 fully saturated rings. The van der Waals surface area contributed by atoms with Gasteiger partial charge < -0.3 is 9.67 Å². The zero-order chi connectivity index (χ0) is 14.1. The second-order valence-corrected chi connectivity index (χ2v) is 5.10. The molecular formula is C13H20F3NO. The third-order valence-corrected chi connectivity index (χ3v) is 3.15. The molecule has 0 aromatic carbocycles. The SMILES string of the molecule is Cc1cc([C@@H](O)C(F)(F)F)c(C)n1CCC(C)C. The van der Waals surface area contributed by atoms with Crippen LogP contribution in [0.5, 0.6) is 0 Å². The molecule has 1 aromatic rings. The van der Waals surface area contributed by atoms with Crippen LogP contribution in [0, 0.1) is 19.8 Å². The van der Waals surface area contributed by atoms with E-state index < -0.39 is 12.3 Å². The molecule has 1 rings (SSSR count). The smallest absolute Gasteiger partial charge is 0.379 e. The van der Waals surface area contributed by atoms with Crippen molar-refractivity contribution < 1.29 is 18.3 Å². The number of alkyl halides is 3. The van der Waals surface area contributed by atoms with E-state index in [9.17, 15) is 18.3 Å². The van der Waals surface area contributed by atoms with Crippen LogP contribution in [-0.4, -0.2) is 15.8 Å². The van der Waals surface area contributed by atoms with Crippen LogP contribution in [0.2, 0.25) is 0 Å². The first-order valence-electron chi connectivity index (χ1n) is 6.06. The molecule has 0 aliphatic heterocycles. The maximum Gasteiger partial charge on any atom is 0.418 e. The lowest BCUT2D eigenvalue weighted by Gasteiger charge is -2.16. The van der Waals surface area contributed by atoms with E-state index in [-0.39, 0.29) is 5.56 Å². The van der Waals surface area contributed by atoms with Crippen LogP contribution in [-0.2, 0) is 6.54 Å². The Morgan fingerprint density at radius 1 is 1.28 bits per heavy atom. The third kappa shape index (κ3) is 3.28. The summed E-state index contributed by atoms with van der Waals surface area (Å²) in [5.41, 5.74) is 1.22. The zero-order valence-electron chi connectivity index (χ0n) is 11.2. The molecule has 0 unspecified atom stereocenters. The molecule has 0 amide bonds. The highest BCUT2D eigenvalue weighted by Crippen LogP contribution is 2.35. The van der Waals surface area contributed by atoms with Gasteiger partial charge in [0.05, 0.1) is 0 Å². The highest BCUT2D eigenvalue weighted by Gasteiger charge is 2.41. The predicted molar refractivity (Wildman–Crippen MR) is 64.4 cm³/mol. The van der Waals surface area contributed by atoms with Crippen LogP contribution in [0.3, 0.4) is 0 Å². The van der Waals surface area contributed by atoms with E-state index in [1.807, 2.05) is 4.57 Å². The first-order valence-corrected chi connectivity index (χ1v) is 6.06. The van der Waals surface area contributed by atoms with Gasteiger partial charge in [-0.15, -0.1) is 0 Å². The summed E-state index contributed by atoms with van der Waals surface area (Å²) < 4.78 is 39.4. The topological polar surface area (TPSA) is 25.2 Å². The first kappa shape index (κ1) is 15.1. The van der Waals surface area contributed by atoms with Crippen molar-refractivity contribution >= 4 is 0 Å². The molecule has 0 saturated carbocycles. The molecule has 18 heavy (non-hydrogen) atoms. The lowest BCUT2D eigenvalue weighted by Crippen LogP contribution is -2.20. The van der Waals surface area contributed by atoms with E-state index in [1.165, 1.54) is 6.07 Å². The fraction of sp³-hybridized carbons (Fsp3) is 0.692. The maximum absolute atomic E-state index is 12.5. The van der Waals surface area contributed by atoms with E-state index in [0.717, 1.165) is 12.1 Å². The van der Waals surface area contributed by atoms with Gasteiger partial charge in [0.25, 0.3) is 0 Å². The second-order valence-electron chi connectivity index (χ2n) is 5.10. The average Bonchev–Trinajstić information content (AvgIpc) is 2.49. The van der Waals surface area contributed by atoms with Crippen molar-refractivity contribution in [2.45, 2.75) is 52.9 Å². The van der Waals surface area contributed by atoms with Crippen molar-refractivity contribution in [3.63, 3.8) is 0 Å². The summed E-state index contributed by atoms with van der Waals surface area (Å²) in [5, 5.41) is 9.31. The lowest BCUT2D eigenvalue weighted by molar-refractivity contribution is -0.206. The standard InChI is InChI=1S/C13H20F3NO/c1-8(2)5-6-17-9(3)7-11(10(17)4)12(18)13(14,15)16/h7-8,12,18H,5-6H2,1-4H3/t12-/m1/s1. The Labute approximate surface area is 105 Å². The number of aliphatic hydroxyl groups excluding tert-OH is 1. The third-order valence-electron chi connectivity index (χ3n) is 3.15. The number of aryl methyl sites for hydroxylation is 1. The number of aromatic nitrogens is 1. The van der Waals surface area contributed by atoms with Crippen LogP contribution in [0.15, 0.2) is 6.07 Å². The molecule has 104 valence electrons. The molecular weight excluding hydrogens is 243 g/mol. The van der Waals surface area contributed by atoms with Gasteiger partial charge >= 0.3 is 6.18 Å². The fourth-order valence-corrected chi connectivity index (χ4v) is 2.01. The van der Waals surface area contributed by atoms with Gasteiger partial charge in [-0.1, -0.05) is 13.8 Å². The van der Waals surface area contributed by atoms with Gasteiger partial charge in [0.2, 0.25) is 0 Å². The minimum atomic E-state index is -4.61.